The van der Waals surface area contributed by atoms with Crippen LogP contribution in [0.4, 0.5) is 8.78 Å². The Hall–Kier alpha value is -3.47. The zero-order valence-corrected chi connectivity index (χ0v) is 24.0. The number of piperazine rings is 1. The average Bonchev–Trinajstić information content (AvgIpc) is 3.47. The highest BCUT2D eigenvalue weighted by molar-refractivity contribution is 5.58. The quantitative estimate of drug-likeness (QED) is 0.449. The van der Waals surface area contributed by atoms with Crippen molar-refractivity contribution < 1.29 is 18.7 Å². The summed E-state index contributed by atoms with van der Waals surface area (Å²) >= 11 is 0. The summed E-state index contributed by atoms with van der Waals surface area (Å²) in [7, 11) is 2.09. The maximum atomic E-state index is 14.0. The Bertz CT molecular complexity index is 1440. The second kappa shape index (κ2) is 12.8. The minimum absolute atomic E-state index is 0.0491. The van der Waals surface area contributed by atoms with Crippen molar-refractivity contribution >= 4 is 6.41 Å². The Kier molecular flexibility index (Phi) is 9.15. The smallest absolute Gasteiger partial charge is 0.253 e. The Morgan fingerprint density at radius 1 is 1.07 bits per heavy atom. The molecule has 2 saturated heterocycles. The van der Waals surface area contributed by atoms with Crippen LogP contribution in [0, 0.1) is 17.0 Å². The number of hydrogen-bond donors (Lipinski definition) is 2. The van der Waals surface area contributed by atoms with Gasteiger partial charge in [0.15, 0.2) is 0 Å². The second-order valence-electron chi connectivity index (χ2n) is 11.8. The predicted molar refractivity (Wildman–Crippen MR) is 157 cm³/mol. The van der Waals surface area contributed by atoms with Gasteiger partial charge in [0.05, 0.1) is 30.2 Å². The fourth-order valence-corrected chi connectivity index (χ4v) is 6.82. The molecular weight excluding hydrogens is 540 g/mol. The fourth-order valence-electron chi connectivity index (χ4n) is 6.82. The van der Waals surface area contributed by atoms with Crippen LogP contribution in [0.25, 0.3) is 11.3 Å². The third-order valence-electron chi connectivity index (χ3n) is 9.14. The van der Waals surface area contributed by atoms with Crippen molar-refractivity contribution in [2.45, 2.75) is 50.3 Å². The number of nitrogens with one attached hydrogen (secondary N) is 1. The van der Waals surface area contributed by atoms with E-state index in [0.29, 0.717) is 30.8 Å². The third-order valence-corrected chi connectivity index (χ3v) is 9.14. The molecular formula is C32H39F2N5O3. The number of carbonyl (C=O) groups is 1. The highest BCUT2D eigenvalue weighted by Gasteiger charge is 2.54. The van der Waals surface area contributed by atoms with E-state index in [1.54, 1.807) is 29.2 Å². The van der Waals surface area contributed by atoms with Gasteiger partial charge >= 0.3 is 0 Å². The summed E-state index contributed by atoms with van der Waals surface area (Å²) in [6.07, 6.45) is 7.14. The number of piperidine rings is 1. The maximum absolute atomic E-state index is 14.0. The summed E-state index contributed by atoms with van der Waals surface area (Å²) in [5, 5.41) is 14.8. The van der Waals surface area contributed by atoms with Crippen molar-refractivity contribution in [3.8, 4) is 11.3 Å². The van der Waals surface area contributed by atoms with Crippen LogP contribution in [-0.4, -0.2) is 76.2 Å². The summed E-state index contributed by atoms with van der Waals surface area (Å²) in [6.45, 7) is 4.06. The molecule has 2 N–H and O–H groups in total. The molecule has 10 heteroatoms. The van der Waals surface area contributed by atoms with Crippen LogP contribution in [0.1, 0.15) is 43.7 Å². The van der Waals surface area contributed by atoms with Gasteiger partial charge in [-0.05, 0) is 56.1 Å². The Morgan fingerprint density at radius 3 is 2.57 bits per heavy atom. The minimum atomic E-state index is -0.916. The molecule has 2 atom stereocenters. The van der Waals surface area contributed by atoms with Crippen LogP contribution in [0.2, 0.25) is 0 Å². The van der Waals surface area contributed by atoms with Gasteiger partial charge in [-0.1, -0.05) is 37.1 Å². The first-order valence-electron chi connectivity index (χ1n) is 14.6. The van der Waals surface area contributed by atoms with E-state index in [1.165, 1.54) is 35.2 Å². The Balaban J connectivity index is 0.000000199. The van der Waals surface area contributed by atoms with Crippen LogP contribution >= 0.6 is 0 Å². The van der Waals surface area contributed by atoms with Gasteiger partial charge in [-0.25, -0.2) is 13.8 Å². The maximum Gasteiger partial charge on any atom is 0.253 e. The zero-order chi connectivity index (χ0) is 29.7. The molecule has 2 aliphatic heterocycles. The number of hydrogen-bond acceptors (Lipinski definition) is 6. The van der Waals surface area contributed by atoms with E-state index in [2.05, 4.69) is 22.2 Å². The molecule has 3 fully saturated rings. The minimum Gasteiger partial charge on any atom is -0.387 e. The molecule has 2 aromatic carbocycles. The molecule has 3 aliphatic rings. The highest BCUT2D eigenvalue weighted by atomic mass is 19.1. The SMILES string of the molecule is CN1CCC(O)(Cn2cnc(-c3ccccc3F)cc2=O)C2(CCCC2)C1.O=CN1CCNCC1c1cccc(F)c1. The van der Waals surface area contributed by atoms with E-state index >= 15 is 0 Å². The molecule has 3 heterocycles. The Labute approximate surface area is 245 Å². The molecule has 0 bridgehead atoms. The molecule has 42 heavy (non-hydrogen) atoms. The normalized spacial score (nSPS) is 23.8. The largest absolute Gasteiger partial charge is 0.387 e. The summed E-state index contributed by atoms with van der Waals surface area (Å²) < 4.78 is 28.5. The van der Waals surface area contributed by atoms with Crippen LogP contribution in [0.3, 0.4) is 0 Å². The number of carbonyl (C=O) groups excluding carboxylic acids is 1. The standard InChI is InChI=1S/C21H26FN3O2.C11H13FN2O/c1-24-11-10-21(27,20(13-24)8-4-5-9-20)14-25-15-23-18(12-19(25)26)16-6-2-3-7-17(16)22;12-10-3-1-2-9(6-10)11-7-13-4-5-14(11)8-15/h2-3,6-7,12,15,27H,4-5,8-11,13-14H2,1H3;1-3,6,8,11,13H,4-5,7H2. The average molecular weight is 580 g/mol. The van der Waals surface area contributed by atoms with Crippen LogP contribution < -0.4 is 10.9 Å². The molecule has 3 aromatic rings. The van der Waals surface area contributed by atoms with Crippen molar-refractivity contribution in [3.63, 3.8) is 0 Å². The van der Waals surface area contributed by atoms with Gasteiger partial charge in [0.2, 0.25) is 6.41 Å². The van der Waals surface area contributed by atoms with Gasteiger partial charge in [0.1, 0.15) is 11.6 Å². The van der Waals surface area contributed by atoms with Crippen LogP contribution in [-0.2, 0) is 11.3 Å². The molecule has 1 spiro atoms. The molecule has 1 amide bonds. The lowest BCUT2D eigenvalue weighted by Gasteiger charge is -2.51. The van der Waals surface area contributed by atoms with Gasteiger partial charge in [-0.3, -0.25) is 14.2 Å². The molecule has 1 saturated carbocycles. The van der Waals surface area contributed by atoms with E-state index in [9.17, 15) is 23.5 Å². The van der Waals surface area contributed by atoms with Gasteiger partial charge < -0.3 is 20.2 Å². The van der Waals surface area contributed by atoms with Crippen molar-refractivity contribution in [3.05, 3.63) is 88.5 Å². The summed E-state index contributed by atoms with van der Waals surface area (Å²) in [4.78, 5) is 31.8. The summed E-state index contributed by atoms with van der Waals surface area (Å²) in [5.41, 5.74) is 0.135. The van der Waals surface area contributed by atoms with E-state index in [4.69, 9.17) is 0 Å². The first-order chi connectivity index (χ1) is 20.2. The van der Waals surface area contributed by atoms with Gasteiger partial charge in [-0.15, -0.1) is 0 Å². The Morgan fingerprint density at radius 2 is 1.86 bits per heavy atom. The zero-order valence-electron chi connectivity index (χ0n) is 24.0. The highest BCUT2D eigenvalue weighted by Crippen LogP contribution is 2.51. The van der Waals surface area contributed by atoms with Gasteiger partial charge in [0, 0.05) is 49.8 Å². The second-order valence-corrected chi connectivity index (χ2v) is 11.8. The number of benzene rings is 2. The van der Waals surface area contributed by atoms with Gasteiger partial charge in [-0.2, -0.15) is 0 Å². The lowest BCUT2D eigenvalue weighted by Crippen LogP contribution is -2.60. The van der Waals surface area contributed by atoms with Crippen molar-refractivity contribution in [1.29, 1.82) is 0 Å². The number of nitrogens with zero attached hydrogens (tertiary/aromatic N) is 4. The lowest BCUT2D eigenvalue weighted by molar-refractivity contribution is -0.139. The number of likely N-dealkylation sites (tertiary alicyclic amines) is 1. The van der Waals surface area contributed by atoms with E-state index in [0.717, 1.165) is 57.3 Å². The van der Waals surface area contributed by atoms with Crippen molar-refractivity contribution in [2.75, 3.05) is 39.8 Å². The molecule has 2 unspecified atom stereocenters. The molecule has 6 rings (SSSR count). The summed E-state index contributed by atoms with van der Waals surface area (Å²) in [6, 6.07) is 14.0. The van der Waals surface area contributed by atoms with Gasteiger partial charge in [0.25, 0.3) is 5.56 Å². The number of rotatable bonds is 5. The predicted octanol–water partition coefficient (Wildman–Crippen LogP) is 3.60. The molecule has 1 aromatic heterocycles. The van der Waals surface area contributed by atoms with Crippen molar-refractivity contribution in [1.82, 2.24) is 24.7 Å². The molecule has 224 valence electrons. The van der Waals surface area contributed by atoms with Crippen LogP contribution in [0.15, 0.2) is 65.7 Å². The molecule has 8 nitrogen and oxygen atoms in total. The first kappa shape index (κ1) is 30.0. The molecule has 1 aliphatic carbocycles. The number of halogens is 2. The summed E-state index contributed by atoms with van der Waals surface area (Å²) in [5.74, 6) is -0.662. The topological polar surface area (TPSA) is 90.7 Å². The third kappa shape index (κ3) is 6.30. The van der Waals surface area contributed by atoms with Crippen molar-refractivity contribution in [2.24, 2.45) is 5.41 Å². The van der Waals surface area contributed by atoms with Crippen LogP contribution in [0.5, 0.6) is 0 Å². The fraction of sp³-hybridized carbons (Fsp3) is 0.469. The first-order valence-corrected chi connectivity index (χ1v) is 14.6. The number of amides is 1. The number of aromatic nitrogens is 2. The monoisotopic (exact) mass is 579 g/mol. The molecule has 0 radical (unpaired) electrons. The van der Waals surface area contributed by atoms with E-state index < -0.39 is 11.4 Å². The van der Waals surface area contributed by atoms with E-state index in [1.807, 2.05) is 6.07 Å². The number of aliphatic hydroxyl groups is 1. The van der Waals surface area contributed by atoms with E-state index in [-0.39, 0.29) is 29.4 Å². The lowest BCUT2D eigenvalue weighted by atomic mass is 9.66.